The maximum atomic E-state index is 5.83. The third-order valence-corrected chi connectivity index (χ3v) is 2.85. The molecule has 0 aliphatic carbocycles. The van der Waals surface area contributed by atoms with Crippen LogP contribution in [0.15, 0.2) is 35.8 Å². The number of para-hydroxylation sites is 2. The molecular formula is C14H19BO2. The van der Waals surface area contributed by atoms with Crippen molar-refractivity contribution in [3.05, 3.63) is 35.8 Å². The van der Waals surface area contributed by atoms with Gasteiger partial charge in [-0.2, -0.15) is 0 Å². The lowest BCUT2D eigenvalue weighted by Crippen LogP contribution is -2.27. The summed E-state index contributed by atoms with van der Waals surface area (Å²) in [6, 6.07) is 7.86. The second-order valence-electron chi connectivity index (χ2n) is 4.33. The zero-order valence-corrected chi connectivity index (χ0v) is 10.6. The molecule has 0 radical (unpaired) electrons. The minimum absolute atomic E-state index is 0.209. The lowest BCUT2D eigenvalue weighted by atomic mass is 9.75. The fourth-order valence-corrected chi connectivity index (χ4v) is 1.99. The molecule has 0 amide bonds. The van der Waals surface area contributed by atoms with Crippen LogP contribution in [0, 0.1) is 0 Å². The van der Waals surface area contributed by atoms with Crippen molar-refractivity contribution >= 4 is 7.12 Å². The normalized spacial score (nSPS) is 14.2. The van der Waals surface area contributed by atoms with E-state index in [0.717, 1.165) is 37.2 Å². The SMILES string of the molecule is CCC/C=C(\CCC)B1Oc2ccccc2O1. The van der Waals surface area contributed by atoms with Gasteiger partial charge in [0.1, 0.15) is 11.5 Å². The van der Waals surface area contributed by atoms with Gasteiger partial charge in [-0.1, -0.05) is 44.9 Å². The van der Waals surface area contributed by atoms with E-state index in [1.54, 1.807) is 0 Å². The molecular weight excluding hydrogens is 211 g/mol. The van der Waals surface area contributed by atoms with E-state index >= 15 is 0 Å². The zero-order chi connectivity index (χ0) is 12.1. The van der Waals surface area contributed by atoms with Crippen molar-refractivity contribution in [1.29, 1.82) is 0 Å². The van der Waals surface area contributed by atoms with E-state index in [1.807, 2.05) is 24.3 Å². The number of benzene rings is 1. The van der Waals surface area contributed by atoms with Crippen molar-refractivity contribution in [2.45, 2.75) is 39.5 Å². The van der Waals surface area contributed by atoms with Crippen molar-refractivity contribution in [1.82, 2.24) is 0 Å². The predicted octanol–water partition coefficient (Wildman–Crippen LogP) is 4.01. The molecule has 1 aromatic rings. The Balaban J connectivity index is 2.08. The molecule has 0 spiro atoms. The van der Waals surface area contributed by atoms with Crippen LogP contribution in [-0.2, 0) is 0 Å². The van der Waals surface area contributed by atoms with E-state index in [9.17, 15) is 0 Å². The van der Waals surface area contributed by atoms with E-state index in [0.29, 0.717) is 0 Å². The van der Waals surface area contributed by atoms with E-state index in [1.165, 1.54) is 5.47 Å². The van der Waals surface area contributed by atoms with Crippen LogP contribution in [0.5, 0.6) is 11.5 Å². The summed E-state index contributed by atoms with van der Waals surface area (Å²) < 4.78 is 11.7. The summed E-state index contributed by atoms with van der Waals surface area (Å²) in [5, 5.41) is 0. The monoisotopic (exact) mass is 230 g/mol. The van der Waals surface area contributed by atoms with Crippen LogP contribution in [-0.4, -0.2) is 7.12 Å². The van der Waals surface area contributed by atoms with Crippen molar-refractivity contribution in [2.75, 3.05) is 0 Å². The van der Waals surface area contributed by atoms with Gasteiger partial charge in [-0.15, -0.1) is 0 Å². The quantitative estimate of drug-likeness (QED) is 0.711. The standard InChI is InChI=1S/C14H19BO2/c1-3-5-9-12(8-4-2)15-16-13-10-6-7-11-14(13)17-15/h6-7,9-11H,3-5,8H2,1-2H3/b12-9+. The molecule has 90 valence electrons. The zero-order valence-electron chi connectivity index (χ0n) is 10.6. The molecule has 1 aromatic carbocycles. The first-order valence-corrected chi connectivity index (χ1v) is 6.46. The molecule has 0 bridgehead atoms. The van der Waals surface area contributed by atoms with Crippen LogP contribution in [0.4, 0.5) is 0 Å². The van der Waals surface area contributed by atoms with Gasteiger partial charge in [0.05, 0.1) is 0 Å². The highest BCUT2D eigenvalue weighted by molar-refractivity contribution is 6.56. The van der Waals surface area contributed by atoms with Gasteiger partial charge in [0, 0.05) is 0 Å². The fourth-order valence-electron chi connectivity index (χ4n) is 1.99. The summed E-state index contributed by atoms with van der Waals surface area (Å²) in [5.74, 6) is 1.71. The highest BCUT2D eigenvalue weighted by Gasteiger charge is 2.34. The largest absolute Gasteiger partial charge is 0.628 e. The number of rotatable bonds is 5. The van der Waals surface area contributed by atoms with Crippen molar-refractivity contribution < 1.29 is 9.31 Å². The third kappa shape index (κ3) is 2.84. The van der Waals surface area contributed by atoms with Crippen LogP contribution < -0.4 is 9.31 Å². The summed E-state index contributed by atoms with van der Waals surface area (Å²) in [6.07, 6.45) is 6.68. The lowest BCUT2D eigenvalue weighted by Gasteiger charge is -2.08. The minimum Gasteiger partial charge on any atom is -0.519 e. The Morgan fingerprint density at radius 1 is 1.12 bits per heavy atom. The van der Waals surface area contributed by atoms with Gasteiger partial charge >= 0.3 is 7.12 Å². The molecule has 1 heterocycles. The van der Waals surface area contributed by atoms with E-state index in [4.69, 9.17) is 9.31 Å². The van der Waals surface area contributed by atoms with Crippen LogP contribution in [0.3, 0.4) is 0 Å². The first kappa shape index (κ1) is 12.1. The summed E-state index contributed by atoms with van der Waals surface area (Å²) in [6.45, 7) is 4.37. The Bertz CT molecular complexity index is 376. The molecule has 2 nitrogen and oxygen atoms in total. The van der Waals surface area contributed by atoms with E-state index in [-0.39, 0.29) is 7.12 Å². The number of unbranched alkanes of at least 4 members (excludes halogenated alkanes) is 1. The Kier molecular flexibility index (Phi) is 4.13. The topological polar surface area (TPSA) is 18.5 Å². The Morgan fingerprint density at radius 3 is 2.29 bits per heavy atom. The average molecular weight is 230 g/mol. The molecule has 1 aliphatic heterocycles. The summed E-state index contributed by atoms with van der Waals surface area (Å²) in [4.78, 5) is 0. The second kappa shape index (κ2) is 5.81. The van der Waals surface area contributed by atoms with Crippen LogP contribution in [0.2, 0.25) is 0 Å². The molecule has 0 fully saturated rings. The molecule has 0 aromatic heterocycles. The Labute approximate surface area is 104 Å². The summed E-state index contributed by atoms with van der Waals surface area (Å²) in [5.41, 5.74) is 1.27. The molecule has 0 atom stereocenters. The summed E-state index contributed by atoms with van der Waals surface area (Å²) >= 11 is 0. The van der Waals surface area contributed by atoms with Crippen molar-refractivity contribution in [3.8, 4) is 11.5 Å². The molecule has 0 N–H and O–H groups in total. The molecule has 0 saturated carbocycles. The summed E-state index contributed by atoms with van der Waals surface area (Å²) in [7, 11) is -0.209. The third-order valence-electron chi connectivity index (χ3n) is 2.85. The first-order valence-electron chi connectivity index (χ1n) is 6.46. The highest BCUT2D eigenvalue weighted by Crippen LogP contribution is 2.35. The smallest absolute Gasteiger partial charge is 0.519 e. The van der Waals surface area contributed by atoms with Crippen molar-refractivity contribution in [2.24, 2.45) is 0 Å². The average Bonchev–Trinajstić information content (AvgIpc) is 2.78. The van der Waals surface area contributed by atoms with Crippen molar-refractivity contribution in [3.63, 3.8) is 0 Å². The number of fused-ring (bicyclic) bond motifs is 1. The van der Waals surface area contributed by atoms with Gasteiger partial charge in [0.2, 0.25) is 0 Å². The lowest BCUT2D eigenvalue weighted by molar-refractivity contribution is 0.507. The molecule has 0 unspecified atom stereocenters. The van der Waals surface area contributed by atoms with Gasteiger partial charge in [-0.3, -0.25) is 0 Å². The molecule has 1 aliphatic rings. The van der Waals surface area contributed by atoms with Crippen LogP contribution in [0.25, 0.3) is 0 Å². The Morgan fingerprint density at radius 2 is 1.76 bits per heavy atom. The first-order chi connectivity index (χ1) is 8.35. The molecule has 17 heavy (non-hydrogen) atoms. The maximum Gasteiger partial charge on any atom is 0.628 e. The van der Waals surface area contributed by atoms with Gasteiger partial charge in [0.25, 0.3) is 0 Å². The number of hydrogen-bond donors (Lipinski definition) is 0. The second-order valence-corrected chi connectivity index (χ2v) is 4.33. The van der Waals surface area contributed by atoms with Gasteiger partial charge in [-0.25, -0.2) is 0 Å². The molecule has 0 saturated heterocycles. The number of hydrogen-bond acceptors (Lipinski definition) is 2. The van der Waals surface area contributed by atoms with E-state index in [2.05, 4.69) is 19.9 Å². The van der Waals surface area contributed by atoms with Gasteiger partial charge in [0.15, 0.2) is 0 Å². The fraction of sp³-hybridized carbons (Fsp3) is 0.429. The van der Waals surface area contributed by atoms with E-state index < -0.39 is 0 Å². The maximum absolute atomic E-state index is 5.83. The van der Waals surface area contributed by atoms with Gasteiger partial charge < -0.3 is 9.31 Å². The molecule has 2 rings (SSSR count). The minimum atomic E-state index is -0.209. The highest BCUT2D eigenvalue weighted by atomic mass is 16.6. The number of allylic oxidation sites excluding steroid dienone is 2. The van der Waals surface area contributed by atoms with Crippen LogP contribution in [0.1, 0.15) is 39.5 Å². The Hall–Kier alpha value is -1.38. The molecule has 3 heteroatoms. The van der Waals surface area contributed by atoms with Gasteiger partial charge in [-0.05, 0) is 30.4 Å². The van der Waals surface area contributed by atoms with Crippen LogP contribution >= 0.6 is 0 Å². The predicted molar refractivity (Wildman–Crippen MR) is 71.4 cm³/mol.